The number of hydrogen-bond donors (Lipinski definition) is 1. The van der Waals surface area contributed by atoms with Crippen molar-refractivity contribution in [2.45, 2.75) is 17.5 Å². The topological polar surface area (TPSA) is 98.1 Å². The van der Waals surface area contributed by atoms with Crippen LogP contribution in [0.2, 0.25) is 0 Å². The molecule has 1 aliphatic rings. The van der Waals surface area contributed by atoms with Gasteiger partial charge in [-0.3, -0.25) is 0 Å². The molecule has 1 aliphatic heterocycles. The van der Waals surface area contributed by atoms with Gasteiger partial charge in [-0.1, -0.05) is 6.07 Å². The molecule has 9 heteroatoms. The SMILES string of the molecule is COc1ccc(C2c3cccn3CCN2S(=O)(=O)c2ccc(C(=O)O)cc2)cc1OC. The molecule has 0 saturated carbocycles. The van der Waals surface area contributed by atoms with Gasteiger partial charge in [-0.2, -0.15) is 4.31 Å². The summed E-state index contributed by atoms with van der Waals surface area (Å²) in [6.45, 7) is 0.780. The van der Waals surface area contributed by atoms with Gasteiger partial charge in [0.25, 0.3) is 0 Å². The number of sulfonamides is 1. The molecular formula is C22H22N2O6S. The van der Waals surface area contributed by atoms with Gasteiger partial charge in [0.05, 0.1) is 30.7 Å². The molecule has 0 aliphatic carbocycles. The van der Waals surface area contributed by atoms with Gasteiger partial charge < -0.3 is 19.1 Å². The molecule has 1 unspecified atom stereocenters. The van der Waals surface area contributed by atoms with Crippen molar-refractivity contribution >= 4 is 16.0 Å². The van der Waals surface area contributed by atoms with E-state index in [1.54, 1.807) is 19.2 Å². The molecule has 31 heavy (non-hydrogen) atoms. The highest BCUT2D eigenvalue weighted by molar-refractivity contribution is 7.89. The number of fused-ring (bicyclic) bond motifs is 1. The van der Waals surface area contributed by atoms with Gasteiger partial charge in [0.2, 0.25) is 10.0 Å². The molecule has 0 radical (unpaired) electrons. The smallest absolute Gasteiger partial charge is 0.335 e. The van der Waals surface area contributed by atoms with Gasteiger partial charge >= 0.3 is 5.97 Å². The van der Waals surface area contributed by atoms with Crippen molar-refractivity contribution in [2.24, 2.45) is 0 Å². The number of hydrogen-bond acceptors (Lipinski definition) is 5. The molecule has 1 N–H and O–H groups in total. The van der Waals surface area contributed by atoms with Crippen molar-refractivity contribution in [3.05, 3.63) is 77.6 Å². The lowest BCUT2D eigenvalue weighted by molar-refractivity contribution is 0.0696. The molecule has 0 bridgehead atoms. The Hall–Kier alpha value is -3.30. The maximum absolute atomic E-state index is 13.6. The standard InChI is InChI=1S/C22H22N2O6S/c1-29-19-10-7-16(14-20(19)30-2)21-18-4-3-11-23(18)12-13-24(21)31(27,28)17-8-5-15(6-9-17)22(25)26/h3-11,14,21H,12-13H2,1-2H3,(H,25,26). The third-order valence-electron chi connectivity index (χ3n) is 5.43. The van der Waals surface area contributed by atoms with Crippen molar-refractivity contribution < 1.29 is 27.8 Å². The zero-order valence-electron chi connectivity index (χ0n) is 17.1. The summed E-state index contributed by atoms with van der Waals surface area (Å²) in [5.74, 6) is -0.0501. The minimum atomic E-state index is -3.90. The minimum Gasteiger partial charge on any atom is -0.493 e. The third kappa shape index (κ3) is 3.66. The largest absolute Gasteiger partial charge is 0.493 e. The van der Waals surface area contributed by atoms with Crippen LogP contribution in [0.4, 0.5) is 0 Å². The van der Waals surface area contributed by atoms with Gasteiger partial charge in [0, 0.05) is 25.0 Å². The number of rotatable bonds is 6. The second-order valence-corrected chi connectivity index (χ2v) is 8.98. The second kappa shape index (κ2) is 8.09. The van der Waals surface area contributed by atoms with E-state index >= 15 is 0 Å². The Bertz CT molecular complexity index is 1220. The quantitative estimate of drug-likeness (QED) is 0.630. The van der Waals surface area contributed by atoms with Crippen LogP contribution in [-0.4, -0.2) is 49.1 Å². The van der Waals surface area contributed by atoms with Crippen LogP contribution in [0, 0.1) is 0 Å². The maximum Gasteiger partial charge on any atom is 0.335 e. The van der Waals surface area contributed by atoms with Crippen LogP contribution in [0.3, 0.4) is 0 Å². The van der Waals surface area contributed by atoms with Gasteiger partial charge in [-0.25, -0.2) is 13.2 Å². The number of nitrogens with zero attached hydrogens (tertiary/aromatic N) is 2. The predicted octanol–water partition coefficient (Wildman–Crippen LogP) is 3.00. The first-order valence-corrected chi connectivity index (χ1v) is 11.0. The number of carboxylic acid groups (broad SMARTS) is 1. The van der Waals surface area contributed by atoms with E-state index in [0.29, 0.717) is 18.0 Å². The molecule has 0 fully saturated rings. The highest BCUT2D eigenvalue weighted by atomic mass is 32.2. The van der Waals surface area contributed by atoms with E-state index in [1.807, 2.05) is 29.0 Å². The van der Waals surface area contributed by atoms with Crippen molar-refractivity contribution in [1.82, 2.24) is 8.87 Å². The first-order chi connectivity index (χ1) is 14.9. The number of carbonyl (C=O) groups is 1. The molecule has 3 aromatic rings. The molecule has 0 saturated heterocycles. The Morgan fingerprint density at radius 2 is 1.71 bits per heavy atom. The van der Waals surface area contributed by atoms with Crippen molar-refractivity contribution in [3.8, 4) is 11.5 Å². The minimum absolute atomic E-state index is 0.0305. The van der Waals surface area contributed by atoms with E-state index in [1.165, 1.54) is 35.7 Å². The van der Waals surface area contributed by atoms with Gasteiger partial charge in [0.15, 0.2) is 11.5 Å². The van der Waals surface area contributed by atoms with E-state index in [9.17, 15) is 13.2 Å². The Morgan fingerprint density at radius 3 is 2.35 bits per heavy atom. The normalized spacial score (nSPS) is 16.5. The van der Waals surface area contributed by atoms with Crippen molar-refractivity contribution in [1.29, 1.82) is 0 Å². The fourth-order valence-electron chi connectivity index (χ4n) is 3.89. The van der Waals surface area contributed by atoms with Crippen LogP contribution in [-0.2, 0) is 16.6 Å². The number of carboxylic acids is 1. The Morgan fingerprint density at radius 1 is 1.00 bits per heavy atom. The van der Waals surface area contributed by atoms with Crippen LogP contribution >= 0.6 is 0 Å². The summed E-state index contributed by atoms with van der Waals surface area (Å²) < 4.78 is 41.4. The molecule has 4 rings (SSSR count). The molecule has 2 heterocycles. The maximum atomic E-state index is 13.6. The first-order valence-electron chi connectivity index (χ1n) is 9.59. The zero-order valence-corrected chi connectivity index (χ0v) is 17.9. The van der Waals surface area contributed by atoms with Crippen molar-refractivity contribution in [3.63, 3.8) is 0 Å². The average Bonchev–Trinajstić information content (AvgIpc) is 3.27. The van der Waals surface area contributed by atoms with Crippen LogP contribution in [0.25, 0.3) is 0 Å². The lowest BCUT2D eigenvalue weighted by atomic mass is 10.0. The zero-order chi connectivity index (χ0) is 22.2. The van der Waals surface area contributed by atoms with Crippen LogP contribution in [0.5, 0.6) is 11.5 Å². The summed E-state index contributed by atoms with van der Waals surface area (Å²) in [6, 6.07) is 13.8. The molecule has 8 nitrogen and oxygen atoms in total. The van der Waals surface area contributed by atoms with Crippen molar-refractivity contribution in [2.75, 3.05) is 20.8 Å². The van der Waals surface area contributed by atoms with Gasteiger partial charge in [0.1, 0.15) is 0 Å². The van der Waals surface area contributed by atoms with Crippen LogP contribution in [0.15, 0.2) is 65.7 Å². The first kappa shape index (κ1) is 21.0. The number of benzene rings is 2. The summed E-state index contributed by atoms with van der Waals surface area (Å²) in [4.78, 5) is 11.2. The summed E-state index contributed by atoms with van der Waals surface area (Å²) >= 11 is 0. The summed E-state index contributed by atoms with van der Waals surface area (Å²) in [7, 11) is -0.829. The molecule has 0 spiro atoms. The summed E-state index contributed by atoms with van der Waals surface area (Å²) in [5, 5.41) is 9.11. The van der Waals surface area contributed by atoms with Crippen LogP contribution in [0.1, 0.15) is 27.7 Å². The van der Waals surface area contributed by atoms with E-state index in [4.69, 9.17) is 14.6 Å². The number of methoxy groups -OCH3 is 2. The number of aromatic nitrogens is 1. The molecule has 1 aromatic heterocycles. The molecule has 1 atom stereocenters. The van der Waals surface area contributed by atoms with E-state index in [2.05, 4.69) is 0 Å². The molecule has 2 aromatic carbocycles. The monoisotopic (exact) mass is 442 g/mol. The summed E-state index contributed by atoms with van der Waals surface area (Å²) in [5.41, 5.74) is 1.61. The van der Waals surface area contributed by atoms with Crippen LogP contribution < -0.4 is 9.47 Å². The van der Waals surface area contributed by atoms with Gasteiger partial charge in [-0.15, -0.1) is 0 Å². The highest BCUT2D eigenvalue weighted by Crippen LogP contribution is 2.39. The molecule has 0 amide bonds. The number of aromatic carboxylic acids is 1. The average molecular weight is 442 g/mol. The summed E-state index contributed by atoms with van der Waals surface area (Å²) in [6.07, 6.45) is 1.93. The predicted molar refractivity (Wildman–Crippen MR) is 113 cm³/mol. The molecule has 162 valence electrons. The molecular weight excluding hydrogens is 420 g/mol. The van der Waals surface area contributed by atoms with E-state index < -0.39 is 22.0 Å². The fourth-order valence-corrected chi connectivity index (χ4v) is 5.47. The van der Waals surface area contributed by atoms with E-state index in [-0.39, 0.29) is 17.0 Å². The number of ether oxygens (including phenoxy) is 2. The highest BCUT2D eigenvalue weighted by Gasteiger charge is 2.38. The Kier molecular flexibility index (Phi) is 5.47. The van der Waals surface area contributed by atoms with E-state index in [0.717, 1.165) is 11.3 Å². The fraction of sp³-hybridized carbons (Fsp3) is 0.227. The lowest BCUT2D eigenvalue weighted by Crippen LogP contribution is -2.42. The Balaban J connectivity index is 1.82. The lowest BCUT2D eigenvalue weighted by Gasteiger charge is -2.36. The van der Waals surface area contributed by atoms with Gasteiger partial charge in [-0.05, 0) is 54.1 Å². The second-order valence-electron chi connectivity index (χ2n) is 7.09. The Labute approximate surface area is 180 Å². The third-order valence-corrected chi connectivity index (χ3v) is 7.30.